The van der Waals surface area contributed by atoms with Crippen molar-refractivity contribution in [2.24, 2.45) is 0 Å². The van der Waals surface area contributed by atoms with Gasteiger partial charge in [0.1, 0.15) is 0 Å². The highest BCUT2D eigenvalue weighted by molar-refractivity contribution is 7.90. The van der Waals surface area contributed by atoms with Crippen molar-refractivity contribution in [3.05, 3.63) is 112 Å². The molecule has 0 amide bonds. The standard InChI is InChI=1S/C26H22N2O5S/c1-33-26(30)20-10-8-18(9-11-20)16-21-12-13-22(34(2,31)32)17-24(21)28-25(29)23(14-15-27-28)19-6-4-3-5-7-19/h3-15,17H,16H2,1-2H3. The predicted octanol–water partition coefficient (Wildman–Crippen LogP) is 3.68. The third-order valence-electron chi connectivity index (χ3n) is 5.41. The Morgan fingerprint density at radius 1 is 0.971 bits per heavy atom. The first-order chi connectivity index (χ1) is 16.3. The fraction of sp³-hybridized carbons (Fsp3) is 0.115. The second-order valence-corrected chi connectivity index (χ2v) is 9.77. The molecule has 0 aliphatic carbocycles. The molecule has 0 aliphatic heterocycles. The van der Waals surface area contributed by atoms with Crippen LogP contribution in [-0.4, -0.2) is 37.5 Å². The van der Waals surface area contributed by atoms with Crippen LogP contribution < -0.4 is 5.56 Å². The van der Waals surface area contributed by atoms with Crippen LogP contribution in [0.15, 0.2) is 94.7 Å². The van der Waals surface area contributed by atoms with Gasteiger partial charge in [0.2, 0.25) is 0 Å². The van der Waals surface area contributed by atoms with Crippen LogP contribution in [0.2, 0.25) is 0 Å². The molecule has 4 aromatic rings. The lowest BCUT2D eigenvalue weighted by Crippen LogP contribution is -2.23. The van der Waals surface area contributed by atoms with E-state index in [9.17, 15) is 18.0 Å². The molecule has 0 saturated heterocycles. The molecule has 0 spiro atoms. The number of rotatable bonds is 6. The van der Waals surface area contributed by atoms with Crippen molar-refractivity contribution >= 4 is 15.8 Å². The molecular weight excluding hydrogens is 452 g/mol. The third-order valence-corrected chi connectivity index (χ3v) is 6.52. The van der Waals surface area contributed by atoms with Crippen molar-refractivity contribution < 1.29 is 17.9 Å². The SMILES string of the molecule is COC(=O)c1ccc(Cc2ccc(S(C)(=O)=O)cc2-n2nccc(-c3ccccc3)c2=O)cc1. The topological polar surface area (TPSA) is 95.3 Å². The molecule has 172 valence electrons. The molecule has 34 heavy (non-hydrogen) atoms. The fourth-order valence-corrected chi connectivity index (χ4v) is 4.28. The highest BCUT2D eigenvalue weighted by Crippen LogP contribution is 2.23. The average Bonchev–Trinajstić information content (AvgIpc) is 2.84. The molecule has 7 nitrogen and oxygen atoms in total. The minimum absolute atomic E-state index is 0.0890. The predicted molar refractivity (Wildman–Crippen MR) is 129 cm³/mol. The first kappa shape index (κ1) is 23.1. The summed E-state index contributed by atoms with van der Waals surface area (Å²) in [6.07, 6.45) is 3.03. The Hall–Kier alpha value is -4.04. The summed E-state index contributed by atoms with van der Waals surface area (Å²) in [5.74, 6) is -0.432. The van der Waals surface area contributed by atoms with Gasteiger partial charge in [0, 0.05) is 12.5 Å². The quantitative estimate of drug-likeness (QED) is 0.396. The normalized spacial score (nSPS) is 11.2. The lowest BCUT2D eigenvalue weighted by atomic mass is 10.0. The van der Waals surface area contributed by atoms with Gasteiger partial charge in [-0.1, -0.05) is 48.5 Å². The van der Waals surface area contributed by atoms with Gasteiger partial charge in [0.05, 0.1) is 28.8 Å². The second kappa shape index (κ2) is 9.44. The Balaban J connectivity index is 1.83. The summed E-state index contributed by atoms with van der Waals surface area (Å²) in [5.41, 5.74) is 3.21. The lowest BCUT2D eigenvalue weighted by molar-refractivity contribution is 0.0600. The maximum Gasteiger partial charge on any atom is 0.337 e. The lowest BCUT2D eigenvalue weighted by Gasteiger charge is -2.14. The third kappa shape index (κ3) is 4.82. The molecule has 0 aliphatic rings. The Bertz CT molecular complexity index is 1510. The van der Waals surface area contributed by atoms with Gasteiger partial charge in [-0.2, -0.15) is 9.78 Å². The maximum atomic E-state index is 13.4. The average molecular weight is 475 g/mol. The van der Waals surface area contributed by atoms with Crippen LogP contribution in [0, 0.1) is 0 Å². The molecule has 0 unspecified atom stereocenters. The number of carbonyl (C=O) groups excluding carboxylic acids is 1. The van der Waals surface area contributed by atoms with E-state index < -0.39 is 15.8 Å². The molecule has 4 rings (SSSR count). The first-order valence-electron chi connectivity index (χ1n) is 10.4. The highest BCUT2D eigenvalue weighted by atomic mass is 32.2. The zero-order valence-corrected chi connectivity index (χ0v) is 19.5. The van der Waals surface area contributed by atoms with Gasteiger partial charge in [-0.25, -0.2) is 13.2 Å². The fourth-order valence-electron chi connectivity index (χ4n) is 3.64. The van der Waals surface area contributed by atoms with E-state index in [0.29, 0.717) is 28.8 Å². The number of esters is 1. The van der Waals surface area contributed by atoms with Gasteiger partial charge >= 0.3 is 5.97 Å². The van der Waals surface area contributed by atoms with Crippen molar-refractivity contribution in [1.82, 2.24) is 9.78 Å². The maximum absolute atomic E-state index is 13.4. The van der Waals surface area contributed by atoms with Crippen molar-refractivity contribution in [2.45, 2.75) is 11.3 Å². The summed E-state index contributed by atoms with van der Waals surface area (Å²) in [6, 6.07) is 22.4. The van der Waals surface area contributed by atoms with Crippen LogP contribution in [0.3, 0.4) is 0 Å². The summed E-state index contributed by atoms with van der Waals surface area (Å²) >= 11 is 0. The van der Waals surface area contributed by atoms with E-state index in [2.05, 4.69) is 5.10 Å². The van der Waals surface area contributed by atoms with E-state index in [1.807, 2.05) is 30.3 Å². The van der Waals surface area contributed by atoms with Crippen LogP contribution in [0.4, 0.5) is 0 Å². The van der Waals surface area contributed by atoms with E-state index in [1.54, 1.807) is 36.4 Å². The molecule has 0 N–H and O–H groups in total. The Morgan fingerprint density at radius 3 is 2.32 bits per heavy atom. The zero-order valence-electron chi connectivity index (χ0n) is 18.6. The number of hydrogen-bond acceptors (Lipinski definition) is 6. The molecular formula is C26H22N2O5S. The van der Waals surface area contributed by atoms with Gasteiger partial charge in [-0.3, -0.25) is 4.79 Å². The number of ether oxygens (including phenoxy) is 1. The molecule has 0 atom stereocenters. The summed E-state index contributed by atoms with van der Waals surface area (Å²) in [6.45, 7) is 0. The number of methoxy groups -OCH3 is 1. The minimum Gasteiger partial charge on any atom is -0.465 e. The van der Waals surface area contributed by atoms with E-state index in [-0.39, 0.29) is 10.5 Å². The second-order valence-electron chi connectivity index (χ2n) is 7.76. The summed E-state index contributed by atoms with van der Waals surface area (Å²) in [5, 5.41) is 4.26. The van der Waals surface area contributed by atoms with Gasteiger partial charge in [0.25, 0.3) is 5.56 Å². The summed E-state index contributed by atoms with van der Waals surface area (Å²) < 4.78 is 30.4. The van der Waals surface area contributed by atoms with Crippen molar-refractivity contribution in [1.29, 1.82) is 0 Å². The van der Waals surface area contributed by atoms with Crippen LogP contribution in [0.25, 0.3) is 16.8 Å². The largest absolute Gasteiger partial charge is 0.465 e. The van der Waals surface area contributed by atoms with Crippen LogP contribution in [0.5, 0.6) is 0 Å². The van der Waals surface area contributed by atoms with Crippen molar-refractivity contribution in [2.75, 3.05) is 13.4 Å². The van der Waals surface area contributed by atoms with Gasteiger partial charge in [0.15, 0.2) is 9.84 Å². The zero-order chi connectivity index (χ0) is 24.3. The summed E-state index contributed by atoms with van der Waals surface area (Å²) in [7, 11) is -2.19. The van der Waals surface area contributed by atoms with Gasteiger partial charge in [-0.05, 0) is 53.4 Å². The van der Waals surface area contributed by atoms with Crippen LogP contribution >= 0.6 is 0 Å². The Kier molecular flexibility index (Phi) is 6.43. The van der Waals surface area contributed by atoms with Crippen molar-refractivity contribution in [3.63, 3.8) is 0 Å². The molecule has 0 radical (unpaired) electrons. The van der Waals surface area contributed by atoms with Crippen LogP contribution in [-0.2, 0) is 21.0 Å². The van der Waals surface area contributed by atoms with E-state index in [4.69, 9.17) is 4.74 Å². The number of benzene rings is 3. The molecule has 8 heteroatoms. The van der Waals surface area contributed by atoms with E-state index in [0.717, 1.165) is 17.4 Å². The Labute approximate surface area is 197 Å². The van der Waals surface area contributed by atoms with E-state index >= 15 is 0 Å². The smallest absolute Gasteiger partial charge is 0.337 e. The number of carbonyl (C=O) groups is 1. The van der Waals surface area contributed by atoms with Gasteiger partial charge in [-0.15, -0.1) is 0 Å². The molecule has 0 saturated carbocycles. The monoisotopic (exact) mass is 474 g/mol. The molecule has 3 aromatic carbocycles. The molecule has 1 heterocycles. The summed E-state index contributed by atoms with van der Waals surface area (Å²) in [4.78, 5) is 25.2. The van der Waals surface area contributed by atoms with Crippen molar-refractivity contribution in [3.8, 4) is 16.8 Å². The van der Waals surface area contributed by atoms with Crippen LogP contribution in [0.1, 0.15) is 21.5 Å². The minimum atomic E-state index is -3.51. The highest BCUT2D eigenvalue weighted by Gasteiger charge is 2.16. The van der Waals surface area contributed by atoms with Gasteiger partial charge < -0.3 is 4.74 Å². The Morgan fingerprint density at radius 2 is 1.68 bits per heavy atom. The number of sulfone groups is 1. The first-order valence-corrected chi connectivity index (χ1v) is 12.3. The molecule has 0 fully saturated rings. The number of hydrogen-bond donors (Lipinski definition) is 0. The van der Waals surface area contributed by atoms with E-state index in [1.165, 1.54) is 30.1 Å². The number of nitrogens with zero attached hydrogens (tertiary/aromatic N) is 2. The molecule has 0 bridgehead atoms. The number of aromatic nitrogens is 2. The molecule has 1 aromatic heterocycles.